The Morgan fingerprint density at radius 2 is 2.17 bits per heavy atom. The van der Waals surface area contributed by atoms with E-state index in [2.05, 4.69) is 0 Å². The summed E-state index contributed by atoms with van der Waals surface area (Å²) in [7, 11) is 0. The van der Waals surface area contributed by atoms with Crippen molar-refractivity contribution in [2.24, 2.45) is 0 Å². The number of carbonyl (C=O) groups excluding carboxylic acids is 1. The molecule has 2 aromatic rings. The van der Waals surface area contributed by atoms with Gasteiger partial charge in [0.2, 0.25) is 0 Å². The molecule has 0 bridgehead atoms. The zero-order valence-corrected chi connectivity index (χ0v) is 9.95. The number of halogens is 1. The fourth-order valence-electron chi connectivity index (χ4n) is 1.52. The number of hydrogen-bond acceptors (Lipinski definition) is 4. The van der Waals surface area contributed by atoms with Gasteiger partial charge in [-0.3, -0.25) is 14.9 Å². The van der Waals surface area contributed by atoms with Crippen molar-refractivity contribution < 1.29 is 14.1 Å². The Labute approximate surface area is 106 Å². The lowest BCUT2D eigenvalue weighted by Gasteiger charge is -2.01. The second kappa shape index (κ2) is 5.05. The number of Topliss-reactive ketones (excluding diaryl/α,β-unsaturated/α-hetero) is 1. The van der Waals surface area contributed by atoms with Gasteiger partial charge in [-0.05, 0) is 28.5 Å². The van der Waals surface area contributed by atoms with Crippen molar-refractivity contribution in [1.29, 1.82) is 0 Å². The molecule has 0 spiro atoms. The highest BCUT2D eigenvalue weighted by molar-refractivity contribution is 7.08. The van der Waals surface area contributed by atoms with Crippen molar-refractivity contribution in [1.82, 2.24) is 0 Å². The molecule has 0 atom stereocenters. The van der Waals surface area contributed by atoms with E-state index in [9.17, 15) is 19.3 Å². The summed E-state index contributed by atoms with van der Waals surface area (Å²) in [5.74, 6) is -1.25. The van der Waals surface area contributed by atoms with Crippen LogP contribution in [-0.4, -0.2) is 10.7 Å². The fourth-order valence-corrected chi connectivity index (χ4v) is 2.19. The number of benzene rings is 1. The van der Waals surface area contributed by atoms with Crippen LogP contribution >= 0.6 is 11.3 Å². The van der Waals surface area contributed by atoms with Crippen LogP contribution in [0.25, 0.3) is 0 Å². The third kappa shape index (κ3) is 2.60. The molecule has 1 aromatic heterocycles. The van der Waals surface area contributed by atoms with Crippen LogP contribution in [0.5, 0.6) is 0 Å². The zero-order chi connectivity index (χ0) is 13.1. The van der Waals surface area contributed by atoms with Crippen molar-refractivity contribution in [2.45, 2.75) is 6.42 Å². The topological polar surface area (TPSA) is 60.2 Å². The molecule has 0 aliphatic rings. The van der Waals surface area contributed by atoms with E-state index >= 15 is 0 Å². The first-order valence-electron chi connectivity index (χ1n) is 5.06. The van der Waals surface area contributed by atoms with Crippen molar-refractivity contribution in [3.63, 3.8) is 0 Å². The molecule has 4 nitrogen and oxygen atoms in total. The molecule has 92 valence electrons. The Morgan fingerprint density at radius 3 is 2.72 bits per heavy atom. The smallest absolute Gasteiger partial charge is 0.272 e. The molecular formula is C12H8FNO3S. The van der Waals surface area contributed by atoms with E-state index in [-0.39, 0.29) is 23.5 Å². The van der Waals surface area contributed by atoms with Gasteiger partial charge in [0.1, 0.15) is 5.82 Å². The minimum atomic E-state index is -0.857. The molecule has 0 saturated carbocycles. The molecule has 6 heteroatoms. The normalized spacial score (nSPS) is 10.3. The molecule has 1 heterocycles. The van der Waals surface area contributed by atoms with Gasteiger partial charge < -0.3 is 0 Å². The highest BCUT2D eigenvalue weighted by Gasteiger charge is 2.16. The van der Waals surface area contributed by atoms with Crippen LogP contribution < -0.4 is 0 Å². The third-order valence-electron chi connectivity index (χ3n) is 2.41. The summed E-state index contributed by atoms with van der Waals surface area (Å²) < 4.78 is 13.6. The molecule has 1 aromatic carbocycles. The molecule has 18 heavy (non-hydrogen) atoms. The molecule has 0 saturated heterocycles. The summed E-state index contributed by atoms with van der Waals surface area (Å²) in [6.07, 6.45) is 0.0955. The van der Waals surface area contributed by atoms with Gasteiger partial charge in [-0.1, -0.05) is 0 Å². The lowest BCUT2D eigenvalue weighted by atomic mass is 10.0. The second-order valence-corrected chi connectivity index (χ2v) is 4.43. The summed E-state index contributed by atoms with van der Waals surface area (Å²) >= 11 is 1.45. The van der Waals surface area contributed by atoms with E-state index in [1.54, 1.807) is 11.4 Å². The van der Waals surface area contributed by atoms with Gasteiger partial charge in [0, 0.05) is 12.5 Å². The maximum Gasteiger partial charge on any atom is 0.272 e. The number of rotatable bonds is 4. The minimum absolute atomic E-state index is 0.0955. The molecule has 0 aliphatic carbocycles. The molecular weight excluding hydrogens is 257 g/mol. The largest absolute Gasteiger partial charge is 0.294 e. The number of thiophene rings is 1. The SMILES string of the molecule is O=C(Cc1ccsc1)c1ccc([N+](=O)[O-])cc1F. The predicted octanol–water partition coefficient (Wildman–Crippen LogP) is 3.22. The number of nitrogens with zero attached hydrogens (tertiary/aromatic N) is 1. The van der Waals surface area contributed by atoms with E-state index in [4.69, 9.17) is 0 Å². The van der Waals surface area contributed by atoms with Crippen molar-refractivity contribution in [2.75, 3.05) is 0 Å². The van der Waals surface area contributed by atoms with Gasteiger partial charge in [0.05, 0.1) is 16.6 Å². The Hall–Kier alpha value is -2.08. The minimum Gasteiger partial charge on any atom is -0.294 e. The van der Waals surface area contributed by atoms with Gasteiger partial charge in [-0.2, -0.15) is 11.3 Å². The predicted molar refractivity (Wildman–Crippen MR) is 65.4 cm³/mol. The average molecular weight is 265 g/mol. The Bertz CT molecular complexity index is 595. The van der Waals surface area contributed by atoms with Gasteiger partial charge in [-0.25, -0.2) is 4.39 Å². The Morgan fingerprint density at radius 1 is 1.39 bits per heavy atom. The summed E-state index contributed by atoms with van der Waals surface area (Å²) in [5, 5.41) is 14.1. The number of non-ortho nitro benzene ring substituents is 1. The fraction of sp³-hybridized carbons (Fsp3) is 0.0833. The summed E-state index contributed by atoms with van der Waals surface area (Å²) in [6, 6.07) is 4.83. The number of hydrogen-bond donors (Lipinski definition) is 0. The molecule has 0 fully saturated rings. The summed E-state index contributed by atoms with van der Waals surface area (Å²) in [4.78, 5) is 21.6. The second-order valence-electron chi connectivity index (χ2n) is 3.65. The van der Waals surface area contributed by atoms with E-state index in [1.165, 1.54) is 11.3 Å². The van der Waals surface area contributed by atoms with Gasteiger partial charge >= 0.3 is 0 Å². The molecule has 2 rings (SSSR count). The maximum atomic E-state index is 13.6. The number of ketones is 1. The highest BCUT2D eigenvalue weighted by atomic mass is 32.1. The van der Waals surface area contributed by atoms with E-state index in [0.717, 1.165) is 23.8 Å². The first-order chi connectivity index (χ1) is 8.58. The summed E-state index contributed by atoms with van der Waals surface area (Å²) in [5.41, 5.74) is 0.328. The van der Waals surface area contributed by atoms with Gasteiger partial charge in [-0.15, -0.1) is 0 Å². The number of nitro groups is 1. The van der Waals surface area contributed by atoms with Gasteiger partial charge in [0.15, 0.2) is 5.78 Å². The molecule has 0 unspecified atom stereocenters. The maximum absolute atomic E-state index is 13.6. The van der Waals surface area contributed by atoms with Crippen LogP contribution in [0.3, 0.4) is 0 Å². The van der Waals surface area contributed by atoms with Crippen LogP contribution in [0.15, 0.2) is 35.0 Å². The first-order valence-corrected chi connectivity index (χ1v) is 6.00. The van der Waals surface area contributed by atoms with Crippen LogP contribution in [0.1, 0.15) is 15.9 Å². The van der Waals surface area contributed by atoms with Gasteiger partial charge in [0.25, 0.3) is 5.69 Å². The average Bonchev–Trinajstić information content (AvgIpc) is 2.81. The van der Waals surface area contributed by atoms with Crippen molar-refractivity contribution in [3.8, 4) is 0 Å². The van der Waals surface area contributed by atoms with E-state index in [0.29, 0.717) is 0 Å². The molecule has 0 N–H and O–H groups in total. The first kappa shape index (κ1) is 12.4. The lowest BCUT2D eigenvalue weighted by Crippen LogP contribution is -2.06. The van der Waals surface area contributed by atoms with Crippen LogP contribution in [0.4, 0.5) is 10.1 Å². The van der Waals surface area contributed by atoms with Crippen molar-refractivity contribution in [3.05, 3.63) is 62.1 Å². The quantitative estimate of drug-likeness (QED) is 0.484. The standard InChI is InChI=1S/C12H8FNO3S/c13-11-6-9(14(16)17)1-2-10(11)12(15)5-8-3-4-18-7-8/h1-4,6-7H,5H2. The van der Waals surface area contributed by atoms with E-state index in [1.807, 2.05) is 5.38 Å². The Balaban J connectivity index is 2.23. The molecule has 0 radical (unpaired) electrons. The highest BCUT2D eigenvalue weighted by Crippen LogP contribution is 2.18. The lowest BCUT2D eigenvalue weighted by molar-refractivity contribution is -0.385. The van der Waals surface area contributed by atoms with Crippen LogP contribution in [0, 0.1) is 15.9 Å². The molecule has 0 amide bonds. The Kier molecular flexibility index (Phi) is 3.47. The third-order valence-corrected chi connectivity index (χ3v) is 3.14. The zero-order valence-electron chi connectivity index (χ0n) is 9.13. The monoisotopic (exact) mass is 265 g/mol. The molecule has 0 aliphatic heterocycles. The summed E-state index contributed by atoms with van der Waals surface area (Å²) in [6.45, 7) is 0. The number of carbonyl (C=O) groups is 1. The van der Waals surface area contributed by atoms with Crippen molar-refractivity contribution >= 4 is 22.8 Å². The van der Waals surface area contributed by atoms with E-state index < -0.39 is 10.7 Å². The van der Waals surface area contributed by atoms with Crippen LogP contribution in [-0.2, 0) is 6.42 Å². The van der Waals surface area contributed by atoms with Crippen LogP contribution in [0.2, 0.25) is 0 Å². The number of nitro benzene ring substituents is 1.